The van der Waals surface area contributed by atoms with E-state index in [-0.39, 0.29) is 11.6 Å². The molecule has 3 aromatic rings. The van der Waals surface area contributed by atoms with Crippen LogP contribution in [0.5, 0.6) is 0 Å². The van der Waals surface area contributed by atoms with Gasteiger partial charge in [0.05, 0.1) is 6.04 Å². The zero-order valence-electron chi connectivity index (χ0n) is 13.6. The Morgan fingerprint density at radius 1 is 1.17 bits per heavy atom. The molecule has 5 nitrogen and oxygen atoms in total. The first-order valence-electron chi connectivity index (χ1n) is 8.63. The summed E-state index contributed by atoms with van der Waals surface area (Å²) >= 11 is 0. The Balaban J connectivity index is 1.33. The second-order valence-electron chi connectivity index (χ2n) is 6.59. The number of aromatic amines is 1. The molecule has 0 radical (unpaired) electrons. The molecule has 0 amide bonds. The van der Waals surface area contributed by atoms with Crippen molar-refractivity contribution in [3.05, 3.63) is 64.7 Å². The lowest BCUT2D eigenvalue weighted by Gasteiger charge is -2.29. The molecule has 5 heteroatoms. The molecule has 1 aliphatic carbocycles. The molecule has 24 heavy (non-hydrogen) atoms. The van der Waals surface area contributed by atoms with Crippen molar-refractivity contribution in [2.45, 2.75) is 44.3 Å². The molecule has 0 unspecified atom stereocenters. The molecule has 0 spiro atoms. The van der Waals surface area contributed by atoms with E-state index in [1.807, 2.05) is 6.20 Å². The highest BCUT2D eigenvalue weighted by Gasteiger charge is 2.23. The quantitative estimate of drug-likeness (QED) is 0.776. The number of hydrogen-bond donors (Lipinski definition) is 2. The number of benzene rings is 1. The number of aromatic nitrogens is 3. The van der Waals surface area contributed by atoms with Gasteiger partial charge in [0, 0.05) is 36.6 Å². The second-order valence-corrected chi connectivity index (χ2v) is 6.59. The first-order chi connectivity index (χ1) is 11.8. The molecule has 0 atom stereocenters. The Bertz CT molecular complexity index is 874. The van der Waals surface area contributed by atoms with Gasteiger partial charge in [0.15, 0.2) is 0 Å². The Morgan fingerprint density at radius 3 is 2.88 bits per heavy atom. The Morgan fingerprint density at radius 2 is 2.04 bits per heavy atom. The van der Waals surface area contributed by atoms with E-state index < -0.39 is 0 Å². The van der Waals surface area contributed by atoms with Crippen LogP contribution in [0, 0.1) is 0 Å². The number of fused-ring (bicyclic) bond motifs is 1. The van der Waals surface area contributed by atoms with Gasteiger partial charge >= 0.3 is 0 Å². The number of H-pyrrole nitrogens is 1. The Labute approximate surface area is 140 Å². The fourth-order valence-corrected chi connectivity index (χ4v) is 3.64. The van der Waals surface area contributed by atoms with E-state index >= 15 is 0 Å². The van der Waals surface area contributed by atoms with Crippen molar-refractivity contribution in [3.63, 3.8) is 0 Å². The highest BCUT2D eigenvalue weighted by Crippen LogP contribution is 2.27. The van der Waals surface area contributed by atoms with E-state index in [4.69, 9.17) is 0 Å². The van der Waals surface area contributed by atoms with Crippen LogP contribution >= 0.6 is 0 Å². The molecule has 2 N–H and O–H groups in total. The molecule has 124 valence electrons. The maximum Gasteiger partial charge on any atom is 0.266 e. The molecule has 2 heterocycles. The van der Waals surface area contributed by atoms with Crippen LogP contribution in [0.3, 0.4) is 0 Å². The molecule has 2 aromatic heterocycles. The van der Waals surface area contributed by atoms with Crippen molar-refractivity contribution in [1.82, 2.24) is 20.1 Å². The largest absolute Gasteiger partial charge is 0.361 e. The third kappa shape index (κ3) is 3.12. The monoisotopic (exact) mass is 322 g/mol. The van der Waals surface area contributed by atoms with Crippen molar-refractivity contribution in [2.24, 2.45) is 0 Å². The fraction of sp³-hybridized carbons (Fsp3) is 0.368. The summed E-state index contributed by atoms with van der Waals surface area (Å²) in [5.74, 6) is 0. The number of hydrogen-bond acceptors (Lipinski definition) is 3. The van der Waals surface area contributed by atoms with Gasteiger partial charge in [-0.1, -0.05) is 6.07 Å². The van der Waals surface area contributed by atoms with E-state index in [0.29, 0.717) is 6.04 Å². The molecule has 1 aromatic carbocycles. The SMILES string of the molecule is O=c1cccnn1C1CCC(NCc2ccc3[nH]ccc3c2)CC1. The minimum absolute atomic E-state index is 0.00807. The number of rotatable bonds is 4. The van der Waals surface area contributed by atoms with Gasteiger partial charge < -0.3 is 10.3 Å². The van der Waals surface area contributed by atoms with Gasteiger partial charge in [-0.2, -0.15) is 5.10 Å². The lowest BCUT2D eigenvalue weighted by molar-refractivity contribution is 0.268. The van der Waals surface area contributed by atoms with Gasteiger partial charge in [-0.25, -0.2) is 4.68 Å². The summed E-state index contributed by atoms with van der Waals surface area (Å²) in [5, 5.41) is 9.15. The minimum Gasteiger partial charge on any atom is -0.361 e. The highest BCUT2D eigenvalue weighted by atomic mass is 16.1. The maximum absolute atomic E-state index is 11.9. The Hall–Kier alpha value is -2.40. The Kier molecular flexibility index (Phi) is 4.17. The molecule has 1 saturated carbocycles. The first-order valence-corrected chi connectivity index (χ1v) is 8.63. The zero-order valence-corrected chi connectivity index (χ0v) is 13.6. The lowest BCUT2D eigenvalue weighted by atomic mass is 9.91. The van der Waals surface area contributed by atoms with Gasteiger partial charge in [0.2, 0.25) is 0 Å². The summed E-state index contributed by atoms with van der Waals surface area (Å²) in [4.78, 5) is 15.1. The lowest BCUT2D eigenvalue weighted by Crippen LogP contribution is -2.36. The van der Waals surface area contributed by atoms with E-state index in [1.54, 1.807) is 23.0 Å². The molecule has 4 rings (SSSR count). The second kappa shape index (κ2) is 6.61. The van der Waals surface area contributed by atoms with Crippen molar-refractivity contribution >= 4 is 10.9 Å². The maximum atomic E-state index is 11.9. The molecule has 1 fully saturated rings. The molecule has 0 bridgehead atoms. The van der Waals surface area contributed by atoms with Crippen LogP contribution in [0.4, 0.5) is 0 Å². The molecular weight excluding hydrogens is 300 g/mol. The summed E-state index contributed by atoms with van der Waals surface area (Å²) in [6.07, 6.45) is 7.85. The normalized spacial score (nSPS) is 21.2. The summed E-state index contributed by atoms with van der Waals surface area (Å²) in [5.41, 5.74) is 2.50. The van der Waals surface area contributed by atoms with Gasteiger partial charge in [0.25, 0.3) is 5.56 Å². The van der Waals surface area contributed by atoms with Crippen molar-refractivity contribution < 1.29 is 0 Å². The molecule has 1 aliphatic rings. The predicted molar refractivity (Wildman–Crippen MR) is 94.9 cm³/mol. The van der Waals surface area contributed by atoms with Crippen molar-refractivity contribution in [3.8, 4) is 0 Å². The minimum atomic E-state index is 0.00807. The van der Waals surface area contributed by atoms with Crippen LogP contribution in [0.2, 0.25) is 0 Å². The summed E-state index contributed by atoms with van der Waals surface area (Å²) in [6, 6.07) is 12.7. The third-order valence-electron chi connectivity index (χ3n) is 5.00. The highest BCUT2D eigenvalue weighted by molar-refractivity contribution is 5.79. The standard InChI is InChI=1S/C19H22N4O/c24-19-2-1-10-22-23(19)17-6-4-16(5-7-17)21-13-14-3-8-18-15(12-14)9-11-20-18/h1-3,8-12,16-17,20-21H,4-7,13H2. The summed E-state index contributed by atoms with van der Waals surface area (Å²) in [7, 11) is 0. The van der Waals surface area contributed by atoms with Crippen LogP contribution < -0.4 is 10.9 Å². The third-order valence-corrected chi connectivity index (χ3v) is 5.00. The van der Waals surface area contributed by atoms with E-state index in [2.05, 4.69) is 39.7 Å². The van der Waals surface area contributed by atoms with Gasteiger partial charge in [0.1, 0.15) is 0 Å². The van der Waals surface area contributed by atoms with Crippen LogP contribution in [-0.2, 0) is 6.54 Å². The summed E-state index contributed by atoms with van der Waals surface area (Å²) in [6.45, 7) is 0.889. The van der Waals surface area contributed by atoms with Crippen LogP contribution in [-0.4, -0.2) is 20.8 Å². The predicted octanol–water partition coefficient (Wildman–Crippen LogP) is 3.00. The molecule has 0 saturated heterocycles. The van der Waals surface area contributed by atoms with Crippen molar-refractivity contribution in [1.29, 1.82) is 0 Å². The first kappa shape index (κ1) is 15.1. The smallest absolute Gasteiger partial charge is 0.266 e. The topological polar surface area (TPSA) is 62.7 Å². The average molecular weight is 322 g/mol. The fourth-order valence-electron chi connectivity index (χ4n) is 3.64. The average Bonchev–Trinajstić information content (AvgIpc) is 3.09. The summed E-state index contributed by atoms with van der Waals surface area (Å²) < 4.78 is 1.65. The van der Waals surface area contributed by atoms with Gasteiger partial charge in [-0.3, -0.25) is 4.79 Å². The number of nitrogens with one attached hydrogen (secondary N) is 2. The van der Waals surface area contributed by atoms with Crippen LogP contribution in [0.1, 0.15) is 37.3 Å². The van der Waals surface area contributed by atoms with E-state index in [9.17, 15) is 4.79 Å². The number of nitrogens with zero attached hydrogens (tertiary/aromatic N) is 2. The van der Waals surface area contributed by atoms with Gasteiger partial charge in [-0.15, -0.1) is 0 Å². The van der Waals surface area contributed by atoms with E-state index in [0.717, 1.165) is 32.2 Å². The molecule has 0 aliphatic heterocycles. The molecular formula is C19H22N4O. The zero-order chi connectivity index (χ0) is 16.4. The van der Waals surface area contributed by atoms with Crippen LogP contribution in [0.25, 0.3) is 10.9 Å². The van der Waals surface area contributed by atoms with E-state index in [1.165, 1.54) is 16.5 Å². The van der Waals surface area contributed by atoms with Crippen LogP contribution in [0.15, 0.2) is 53.6 Å². The van der Waals surface area contributed by atoms with Gasteiger partial charge in [-0.05, 0) is 60.9 Å². The van der Waals surface area contributed by atoms with Crippen molar-refractivity contribution in [2.75, 3.05) is 0 Å².